The van der Waals surface area contributed by atoms with Crippen molar-refractivity contribution in [2.45, 2.75) is 6.42 Å². The number of amides is 3. The maximum Gasteiger partial charge on any atom is 0.321 e. The van der Waals surface area contributed by atoms with Gasteiger partial charge in [-0.05, 0) is 48.0 Å². The zero-order valence-electron chi connectivity index (χ0n) is 14.2. The molecule has 0 saturated carbocycles. The number of urea groups is 1. The molecule has 26 heavy (non-hydrogen) atoms. The van der Waals surface area contributed by atoms with Crippen molar-refractivity contribution in [3.05, 3.63) is 53.1 Å². The molecule has 1 fully saturated rings. The Bertz CT molecular complexity index is 845. The van der Waals surface area contributed by atoms with E-state index in [1.54, 1.807) is 24.3 Å². The number of rotatable bonds is 2. The molecule has 7 heteroatoms. The van der Waals surface area contributed by atoms with E-state index in [1.165, 1.54) is 0 Å². The number of piperazine rings is 1. The first kappa shape index (κ1) is 16.7. The monoisotopic (exact) mass is 370 g/mol. The molecule has 0 radical (unpaired) electrons. The van der Waals surface area contributed by atoms with Crippen LogP contribution in [0.1, 0.15) is 5.56 Å². The van der Waals surface area contributed by atoms with E-state index in [0.717, 1.165) is 35.7 Å². The summed E-state index contributed by atoms with van der Waals surface area (Å²) in [6.07, 6.45) is 0.437. The number of nitrogens with one attached hydrogen (secondary N) is 2. The van der Waals surface area contributed by atoms with Crippen LogP contribution in [-0.2, 0) is 11.2 Å². The summed E-state index contributed by atoms with van der Waals surface area (Å²) >= 11 is 5.86. The molecule has 0 unspecified atom stereocenters. The Hall–Kier alpha value is -2.73. The molecule has 0 aliphatic carbocycles. The van der Waals surface area contributed by atoms with Crippen molar-refractivity contribution in [2.24, 2.45) is 0 Å². The highest BCUT2D eigenvalue weighted by atomic mass is 35.5. The summed E-state index contributed by atoms with van der Waals surface area (Å²) in [6.45, 7) is 2.81. The number of fused-ring (bicyclic) bond motifs is 1. The van der Waals surface area contributed by atoms with Gasteiger partial charge >= 0.3 is 6.03 Å². The van der Waals surface area contributed by atoms with Gasteiger partial charge in [-0.3, -0.25) is 4.79 Å². The molecule has 0 bridgehead atoms. The molecule has 0 aromatic heterocycles. The van der Waals surface area contributed by atoms with Gasteiger partial charge in [-0.15, -0.1) is 0 Å². The van der Waals surface area contributed by atoms with Gasteiger partial charge in [0.25, 0.3) is 0 Å². The second-order valence-electron chi connectivity index (χ2n) is 6.48. The van der Waals surface area contributed by atoms with Gasteiger partial charge in [-0.25, -0.2) is 4.79 Å². The molecule has 2 aromatic carbocycles. The lowest BCUT2D eigenvalue weighted by atomic mass is 10.1. The van der Waals surface area contributed by atoms with E-state index in [2.05, 4.69) is 21.6 Å². The number of carbonyl (C=O) groups excluding carboxylic acids is 2. The lowest BCUT2D eigenvalue weighted by molar-refractivity contribution is -0.115. The van der Waals surface area contributed by atoms with Crippen molar-refractivity contribution in [3.8, 4) is 0 Å². The van der Waals surface area contributed by atoms with Crippen LogP contribution in [0.4, 0.5) is 21.9 Å². The van der Waals surface area contributed by atoms with E-state index in [-0.39, 0.29) is 11.9 Å². The SMILES string of the molecule is O=C1Cc2cc(N3CCN(C(=O)Nc4ccc(Cl)cc4)CC3)ccc2N1. The lowest BCUT2D eigenvalue weighted by Crippen LogP contribution is -2.50. The molecule has 4 rings (SSSR count). The van der Waals surface area contributed by atoms with Gasteiger partial charge in [0, 0.05) is 48.3 Å². The third-order valence-electron chi connectivity index (χ3n) is 4.74. The van der Waals surface area contributed by atoms with Crippen molar-refractivity contribution in [2.75, 3.05) is 41.7 Å². The Morgan fingerprint density at radius 3 is 2.50 bits per heavy atom. The van der Waals surface area contributed by atoms with Gasteiger partial charge in [0.1, 0.15) is 0 Å². The van der Waals surface area contributed by atoms with Crippen molar-refractivity contribution < 1.29 is 9.59 Å². The standard InChI is InChI=1S/C19H19ClN4O2/c20-14-1-3-15(4-2-14)21-19(26)24-9-7-23(8-10-24)16-5-6-17-13(11-16)12-18(25)22-17/h1-6,11H,7-10,12H2,(H,21,26)(H,22,25). The Balaban J connectivity index is 1.35. The Labute approximate surface area is 156 Å². The summed E-state index contributed by atoms with van der Waals surface area (Å²) in [6, 6.07) is 13.0. The minimum Gasteiger partial charge on any atom is -0.368 e. The fourth-order valence-electron chi connectivity index (χ4n) is 3.32. The van der Waals surface area contributed by atoms with Gasteiger partial charge in [-0.1, -0.05) is 11.6 Å². The van der Waals surface area contributed by atoms with Crippen LogP contribution in [0.5, 0.6) is 0 Å². The van der Waals surface area contributed by atoms with E-state index in [1.807, 2.05) is 17.0 Å². The van der Waals surface area contributed by atoms with Gasteiger partial charge in [0.15, 0.2) is 0 Å². The van der Waals surface area contributed by atoms with Crippen LogP contribution in [0.25, 0.3) is 0 Å². The molecule has 0 atom stereocenters. The molecule has 6 nitrogen and oxygen atoms in total. The highest BCUT2D eigenvalue weighted by molar-refractivity contribution is 6.30. The maximum atomic E-state index is 12.4. The Morgan fingerprint density at radius 2 is 1.77 bits per heavy atom. The zero-order valence-corrected chi connectivity index (χ0v) is 14.9. The normalized spacial score (nSPS) is 16.3. The first-order chi connectivity index (χ1) is 12.6. The van der Waals surface area contributed by atoms with Gasteiger partial charge in [0.2, 0.25) is 5.91 Å². The minimum absolute atomic E-state index is 0.0424. The van der Waals surface area contributed by atoms with E-state index in [9.17, 15) is 9.59 Å². The van der Waals surface area contributed by atoms with E-state index < -0.39 is 0 Å². The predicted octanol–water partition coefficient (Wildman–Crippen LogP) is 3.19. The average molecular weight is 371 g/mol. The smallest absolute Gasteiger partial charge is 0.321 e. The number of carbonyl (C=O) groups is 2. The zero-order chi connectivity index (χ0) is 18.1. The van der Waals surface area contributed by atoms with Crippen molar-refractivity contribution in [1.29, 1.82) is 0 Å². The summed E-state index contributed by atoms with van der Waals surface area (Å²) in [5.74, 6) is 0.0424. The lowest BCUT2D eigenvalue weighted by Gasteiger charge is -2.36. The highest BCUT2D eigenvalue weighted by Crippen LogP contribution is 2.28. The third-order valence-corrected chi connectivity index (χ3v) is 4.99. The first-order valence-electron chi connectivity index (χ1n) is 8.58. The summed E-state index contributed by atoms with van der Waals surface area (Å²) in [4.78, 5) is 27.9. The van der Waals surface area contributed by atoms with Crippen LogP contribution in [-0.4, -0.2) is 43.0 Å². The van der Waals surface area contributed by atoms with Crippen molar-refractivity contribution >= 4 is 40.6 Å². The molecule has 2 aliphatic rings. The number of hydrogen-bond acceptors (Lipinski definition) is 3. The van der Waals surface area contributed by atoms with Crippen LogP contribution < -0.4 is 15.5 Å². The van der Waals surface area contributed by atoms with Crippen molar-refractivity contribution in [1.82, 2.24) is 4.90 Å². The Morgan fingerprint density at radius 1 is 1.04 bits per heavy atom. The average Bonchev–Trinajstić information content (AvgIpc) is 3.03. The molecular weight excluding hydrogens is 352 g/mol. The van der Waals surface area contributed by atoms with Crippen LogP contribution in [0.3, 0.4) is 0 Å². The summed E-state index contributed by atoms with van der Waals surface area (Å²) in [7, 11) is 0. The van der Waals surface area contributed by atoms with Crippen LogP contribution in [0.15, 0.2) is 42.5 Å². The fraction of sp³-hybridized carbons (Fsp3) is 0.263. The number of benzene rings is 2. The largest absolute Gasteiger partial charge is 0.368 e. The summed E-state index contributed by atoms with van der Waals surface area (Å²) in [5.41, 5.74) is 3.77. The molecule has 0 spiro atoms. The van der Waals surface area contributed by atoms with Crippen molar-refractivity contribution in [3.63, 3.8) is 0 Å². The number of hydrogen-bond donors (Lipinski definition) is 2. The van der Waals surface area contributed by atoms with Gasteiger partial charge in [0.05, 0.1) is 6.42 Å². The van der Waals surface area contributed by atoms with E-state index in [0.29, 0.717) is 24.5 Å². The molecule has 2 aliphatic heterocycles. The molecular formula is C19H19ClN4O2. The molecule has 2 N–H and O–H groups in total. The maximum absolute atomic E-state index is 12.4. The number of halogens is 1. The fourth-order valence-corrected chi connectivity index (χ4v) is 3.44. The quantitative estimate of drug-likeness (QED) is 0.853. The van der Waals surface area contributed by atoms with Gasteiger partial charge < -0.3 is 20.4 Å². The van der Waals surface area contributed by atoms with Gasteiger partial charge in [-0.2, -0.15) is 0 Å². The van der Waals surface area contributed by atoms with Crippen LogP contribution in [0, 0.1) is 0 Å². The molecule has 2 heterocycles. The second-order valence-corrected chi connectivity index (χ2v) is 6.91. The molecule has 3 amide bonds. The summed E-state index contributed by atoms with van der Waals surface area (Å²) < 4.78 is 0. The predicted molar refractivity (Wildman–Crippen MR) is 103 cm³/mol. The third kappa shape index (κ3) is 3.46. The van der Waals surface area contributed by atoms with Crippen LogP contribution in [0.2, 0.25) is 5.02 Å². The Kier molecular flexibility index (Phi) is 4.42. The molecule has 134 valence electrons. The van der Waals surface area contributed by atoms with Crippen LogP contribution >= 0.6 is 11.6 Å². The summed E-state index contributed by atoms with van der Waals surface area (Å²) in [5, 5.41) is 6.39. The van der Waals surface area contributed by atoms with E-state index >= 15 is 0 Å². The number of nitrogens with zero attached hydrogens (tertiary/aromatic N) is 2. The molecule has 1 saturated heterocycles. The highest BCUT2D eigenvalue weighted by Gasteiger charge is 2.23. The molecule has 2 aromatic rings. The second kappa shape index (κ2) is 6.88. The number of anilines is 3. The first-order valence-corrected chi connectivity index (χ1v) is 8.95. The minimum atomic E-state index is -0.101. The van der Waals surface area contributed by atoms with E-state index in [4.69, 9.17) is 11.6 Å². The topological polar surface area (TPSA) is 64.7 Å².